The zero-order valence-electron chi connectivity index (χ0n) is 15.8. The topological polar surface area (TPSA) is 19.0 Å². The molecule has 2 nitrogen and oxygen atoms in total. The maximum atomic E-state index is 13.6. The molecule has 0 atom stereocenters. The Bertz CT molecular complexity index is 903. The first kappa shape index (κ1) is 17.3. The number of nitrogens with zero attached hydrogens (tertiary/aromatic N) is 1. The summed E-state index contributed by atoms with van der Waals surface area (Å²) < 4.78 is 13.6. The summed E-state index contributed by atoms with van der Waals surface area (Å²) in [6, 6.07) is 15.9. The molecule has 1 saturated carbocycles. The molecular weight excluding hydrogens is 323 g/mol. The van der Waals surface area contributed by atoms with Crippen LogP contribution in [0.4, 0.5) is 4.39 Å². The molecule has 26 heavy (non-hydrogen) atoms. The van der Waals surface area contributed by atoms with Crippen LogP contribution in [0.2, 0.25) is 0 Å². The molecule has 3 aromatic rings. The van der Waals surface area contributed by atoms with E-state index < -0.39 is 0 Å². The molecule has 0 saturated heterocycles. The third-order valence-corrected chi connectivity index (χ3v) is 6.45. The van der Waals surface area contributed by atoms with Gasteiger partial charge in [0.25, 0.3) is 0 Å². The highest BCUT2D eigenvalue weighted by molar-refractivity contribution is 5.84. The lowest BCUT2D eigenvalue weighted by Crippen LogP contribution is -2.44. The molecule has 1 aromatic heterocycles. The number of hydrogen-bond acceptors (Lipinski definition) is 1. The molecule has 136 valence electrons. The van der Waals surface area contributed by atoms with Gasteiger partial charge in [0.05, 0.1) is 0 Å². The summed E-state index contributed by atoms with van der Waals surface area (Å²) in [6.45, 7) is 2.12. The SMILES string of the molecule is Cc1c(C2CCC(c3ccccc3)(N(C)C)CC2)[nH]c2ccc(F)cc12. The van der Waals surface area contributed by atoms with Gasteiger partial charge in [-0.25, -0.2) is 4.39 Å². The van der Waals surface area contributed by atoms with E-state index in [9.17, 15) is 4.39 Å². The van der Waals surface area contributed by atoms with Crippen molar-refractivity contribution in [2.75, 3.05) is 14.1 Å². The minimum atomic E-state index is -0.162. The van der Waals surface area contributed by atoms with Gasteiger partial charge in [-0.05, 0) is 81.9 Å². The molecule has 1 heterocycles. The molecule has 1 aliphatic carbocycles. The number of H-pyrrole nitrogens is 1. The number of aromatic amines is 1. The second-order valence-electron chi connectivity index (χ2n) is 7.92. The molecule has 0 bridgehead atoms. The number of aromatic nitrogens is 1. The molecule has 1 N–H and O–H groups in total. The number of nitrogens with one attached hydrogen (secondary N) is 1. The molecule has 0 unspecified atom stereocenters. The first-order chi connectivity index (χ1) is 12.5. The van der Waals surface area contributed by atoms with Crippen LogP contribution in [0.15, 0.2) is 48.5 Å². The van der Waals surface area contributed by atoms with Crippen molar-refractivity contribution in [1.82, 2.24) is 9.88 Å². The van der Waals surface area contributed by atoms with Crippen LogP contribution in [0, 0.1) is 12.7 Å². The van der Waals surface area contributed by atoms with Crippen molar-refractivity contribution in [2.24, 2.45) is 0 Å². The Labute approximate surface area is 155 Å². The van der Waals surface area contributed by atoms with Crippen molar-refractivity contribution in [2.45, 2.75) is 44.1 Å². The average molecular weight is 350 g/mol. The van der Waals surface area contributed by atoms with E-state index >= 15 is 0 Å². The van der Waals surface area contributed by atoms with Crippen LogP contribution >= 0.6 is 0 Å². The highest BCUT2D eigenvalue weighted by Crippen LogP contribution is 2.47. The summed E-state index contributed by atoms with van der Waals surface area (Å²) >= 11 is 0. The van der Waals surface area contributed by atoms with Gasteiger partial charge in [-0.15, -0.1) is 0 Å². The van der Waals surface area contributed by atoms with Crippen LogP contribution in [-0.4, -0.2) is 24.0 Å². The van der Waals surface area contributed by atoms with Crippen LogP contribution in [0.5, 0.6) is 0 Å². The zero-order valence-corrected chi connectivity index (χ0v) is 15.8. The van der Waals surface area contributed by atoms with Crippen molar-refractivity contribution >= 4 is 10.9 Å². The van der Waals surface area contributed by atoms with Crippen LogP contribution in [0.25, 0.3) is 10.9 Å². The summed E-state index contributed by atoms with van der Waals surface area (Å²) in [4.78, 5) is 5.97. The Balaban J connectivity index is 1.63. The molecule has 1 fully saturated rings. The maximum Gasteiger partial charge on any atom is 0.123 e. The Hall–Kier alpha value is -2.13. The van der Waals surface area contributed by atoms with Crippen LogP contribution in [-0.2, 0) is 5.54 Å². The Kier molecular flexibility index (Phi) is 4.36. The van der Waals surface area contributed by atoms with Gasteiger partial charge in [-0.3, -0.25) is 4.90 Å². The molecule has 3 heteroatoms. The van der Waals surface area contributed by atoms with Crippen LogP contribution < -0.4 is 0 Å². The summed E-state index contributed by atoms with van der Waals surface area (Å²) in [5.41, 5.74) is 5.09. The van der Waals surface area contributed by atoms with Crippen molar-refractivity contribution < 1.29 is 4.39 Å². The molecule has 2 aromatic carbocycles. The van der Waals surface area contributed by atoms with Crippen molar-refractivity contribution in [1.29, 1.82) is 0 Å². The standard InChI is InChI=1S/C23H27FN2/c1-16-20-15-19(24)9-10-21(20)25-22(16)17-11-13-23(14-12-17,26(2)3)18-7-5-4-6-8-18/h4-10,15,17,25H,11-14H2,1-3H3. The molecule has 0 spiro atoms. The fourth-order valence-corrected chi connectivity index (χ4v) is 4.85. The molecule has 4 rings (SSSR count). The lowest BCUT2D eigenvalue weighted by atomic mass is 9.71. The molecule has 0 aliphatic heterocycles. The molecule has 0 amide bonds. The highest BCUT2D eigenvalue weighted by atomic mass is 19.1. The van der Waals surface area contributed by atoms with E-state index in [-0.39, 0.29) is 11.4 Å². The summed E-state index contributed by atoms with van der Waals surface area (Å²) in [6.07, 6.45) is 4.56. The van der Waals surface area contributed by atoms with Crippen molar-refractivity contribution in [3.05, 3.63) is 71.2 Å². The summed E-state index contributed by atoms with van der Waals surface area (Å²) in [5, 5.41) is 1.02. The second-order valence-corrected chi connectivity index (χ2v) is 7.92. The van der Waals surface area contributed by atoms with Gasteiger partial charge in [-0.2, -0.15) is 0 Å². The quantitative estimate of drug-likeness (QED) is 0.639. The highest BCUT2D eigenvalue weighted by Gasteiger charge is 2.39. The van der Waals surface area contributed by atoms with Gasteiger partial charge >= 0.3 is 0 Å². The van der Waals surface area contributed by atoms with E-state index in [4.69, 9.17) is 0 Å². The van der Waals surface area contributed by atoms with E-state index in [1.165, 1.54) is 22.9 Å². The predicted molar refractivity (Wildman–Crippen MR) is 106 cm³/mol. The van der Waals surface area contributed by atoms with E-state index in [0.717, 1.165) is 36.6 Å². The van der Waals surface area contributed by atoms with E-state index in [0.29, 0.717) is 5.92 Å². The molecule has 1 aliphatic rings. The van der Waals surface area contributed by atoms with Gasteiger partial charge in [0.2, 0.25) is 0 Å². The fraction of sp³-hybridized carbons (Fsp3) is 0.391. The maximum absolute atomic E-state index is 13.6. The third kappa shape index (κ3) is 2.75. The van der Waals surface area contributed by atoms with Gasteiger partial charge in [-0.1, -0.05) is 30.3 Å². The number of aryl methyl sites for hydroxylation is 1. The van der Waals surface area contributed by atoms with Crippen molar-refractivity contribution in [3.8, 4) is 0 Å². The summed E-state index contributed by atoms with van der Waals surface area (Å²) in [7, 11) is 4.40. The van der Waals surface area contributed by atoms with E-state index in [2.05, 4.69) is 61.2 Å². The van der Waals surface area contributed by atoms with Gasteiger partial charge in [0.1, 0.15) is 5.82 Å². The second kappa shape index (κ2) is 6.55. The Morgan fingerprint density at radius 2 is 1.73 bits per heavy atom. The largest absolute Gasteiger partial charge is 0.358 e. The van der Waals surface area contributed by atoms with Gasteiger partial charge in [0, 0.05) is 22.1 Å². The lowest BCUT2D eigenvalue weighted by Gasteiger charge is -2.45. The monoisotopic (exact) mass is 350 g/mol. The van der Waals surface area contributed by atoms with Crippen LogP contribution in [0.1, 0.15) is 48.4 Å². The average Bonchev–Trinajstić information content (AvgIpc) is 2.98. The smallest absolute Gasteiger partial charge is 0.123 e. The molecular formula is C23H27FN2. The van der Waals surface area contributed by atoms with Crippen molar-refractivity contribution in [3.63, 3.8) is 0 Å². The number of fused-ring (bicyclic) bond motifs is 1. The van der Waals surface area contributed by atoms with Gasteiger partial charge in [0.15, 0.2) is 0 Å². The zero-order chi connectivity index (χ0) is 18.3. The van der Waals surface area contributed by atoms with Gasteiger partial charge < -0.3 is 4.98 Å². The minimum absolute atomic E-state index is 0.115. The first-order valence-electron chi connectivity index (χ1n) is 9.52. The number of halogens is 1. The first-order valence-corrected chi connectivity index (χ1v) is 9.52. The lowest BCUT2D eigenvalue weighted by molar-refractivity contribution is 0.0904. The number of hydrogen-bond donors (Lipinski definition) is 1. The number of rotatable bonds is 3. The summed E-state index contributed by atoms with van der Waals surface area (Å²) in [5.74, 6) is 0.354. The van der Waals surface area contributed by atoms with E-state index in [1.807, 2.05) is 6.07 Å². The Morgan fingerprint density at radius 1 is 1.04 bits per heavy atom. The Morgan fingerprint density at radius 3 is 2.38 bits per heavy atom. The number of benzene rings is 2. The minimum Gasteiger partial charge on any atom is -0.358 e. The predicted octanol–water partition coefficient (Wildman–Crippen LogP) is 5.73. The van der Waals surface area contributed by atoms with Crippen LogP contribution in [0.3, 0.4) is 0 Å². The normalized spacial score (nSPS) is 23.7. The molecule has 0 radical (unpaired) electrons. The third-order valence-electron chi connectivity index (χ3n) is 6.45. The van der Waals surface area contributed by atoms with E-state index in [1.54, 1.807) is 6.07 Å². The fourth-order valence-electron chi connectivity index (χ4n) is 4.85.